The van der Waals surface area contributed by atoms with E-state index in [-0.39, 0.29) is 30.6 Å². The molecular formula is C24H24FN3O5S. The molecule has 0 bridgehead atoms. The molecule has 0 spiro atoms. The average molecular weight is 486 g/mol. The second-order valence-corrected chi connectivity index (χ2v) is 8.83. The smallest absolute Gasteiger partial charge is 0.231 e. The quantitative estimate of drug-likeness (QED) is 0.521. The Bertz CT molecular complexity index is 1190. The minimum atomic E-state index is -0.540. The van der Waals surface area contributed by atoms with E-state index in [9.17, 15) is 14.0 Å². The second kappa shape index (κ2) is 10.1. The Hall–Kier alpha value is -3.66. The maximum atomic E-state index is 13.4. The van der Waals surface area contributed by atoms with Gasteiger partial charge in [0.15, 0.2) is 16.6 Å². The summed E-state index contributed by atoms with van der Waals surface area (Å²) in [5.74, 6) is -0.0274. The third-order valence-electron chi connectivity index (χ3n) is 5.51. The Morgan fingerprint density at radius 3 is 2.56 bits per heavy atom. The van der Waals surface area contributed by atoms with Crippen molar-refractivity contribution < 1.29 is 28.2 Å². The van der Waals surface area contributed by atoms with Crippen LogP contribution in [-0.2, 0) is 16.0 Å². The van der Waals surface area contributed by atoms with Gasteiger partial charge in [-0.15, -0.1) is 11.3 Å². The van der Waals surface area contributed by atoms with E-state index in [2.05, 4.69) is 10.3 Å². The minimum Gasteiger partial charge on any atom is -0.493 e. The lowest BCUT2D eigenvalue weighted by atomic mass is 10.1. The first kappa shape index (κ1) is 23.5. The van der Waals surface area contributed by atoms with Gasteiger partial charge < -0.3 is 24.4 Å². The number of hydrogen-bond donors (Lipinski definition) is 1. The number of aromatic nitrogens is 1. The zero-order chi connectivity index (χ0) is 24.2. The first-order valence-electron chi connectivity index (χ1n) is 10.5. The highest BCUT2D eigenvalue weighted by Gasteiger charge is 2.36. The zero-order valence-corrected chi connectivity index (χ0v) is 19.8. The fourth-order valence-corrected chi connectivity index (χ4v) is 4.71. The van der Waals surface area contributed by atoms with Crippen molar-refractivity contribution in [1.29, 1.82) is 0 Å². The van der Waals surface area contributed by atoms with Gasteiger partial charge in [-0.05, 0) is 17.7 Å². The van der Waals surface area contributed by atoms with Crippen LogP contribution < -0.4 is 24.4 Å². The number of halogens is 1. The Kier molecular flexibility index (Phi) is 6.97. The molecule has 10 heteroatoms. The average Bonchev–Trinajstić information content (AvgIpc) is 3.44. The number of rotatable bonds is 8. The summed E-state index contributed by atoms with van der Waals surface area (Å²) in [6, 6.07) is 9.72. The Balaban J connectivity index is 1.43. The number of hydrogen-bond acceptors (Lipinski definition) is 7. The molecule has 2 heterocycles. The van der Waals surface area contributed by atoms with E-state index in [0.717, 1.165) is 10.4 Å². The van der Waals surface area contributed by atoms with Crippen molar-refractivity contribution in [3.05, 3.63) is 58.9 Å². The molecule has 3 aromatic rings. The van der Waals surface area contributed by atoms with Crippen molar-refractivity contribution in [2.75, 3.05) is 38.1 Å². The van der Waals surface area contributed by atoms with Crippen molar-refractivity contribution in [3.8, 4) is 17.2 Å². The molecule has 1 aliphatic rings. The first-order chi connectivity index (χ1) is 16.4. The summed E-state index contributed by atoms with van der Waals surface area (Å²) < 4.78 is 29.5. The number of anilines is 2. The summed E-state index contributed by atoms with van der Waals surface area (Å²) in [4.78, 5) is 32.3. The normalized spacial score (nSPS) is 15.4. The lowest BCUT2D eigenvalue weighted by molar-refractivity contribution is -0.122. The summed E-state index contributed by atoms with van der Waals surface area (Å²) >= 11 is 1.32. The van der Waals surface area contributed by atoms with Gasteiger partial charge in [0.2, 0.25) is 17.6 Å². The highest BCUT2D eigenvalue weighted by molar-refractivity contribution is 7.15. The van der Waals surface area contributed by atoms with Crippen molar-refractivity contribution >= 4 is 34.0 Å². The molecule has 0 aliphatic carbocycles. The van der Waals surface area contributed by atoms with Gasteiger partial charge in [0, 0.05) is 42.6 Å². The van der Waals surface area contributed by atoms with Crippen LogP contribution in [-0.4, -0.2) is 44.7 Å². The number of benzene rings is 2. The van der Waals surface area contributed by atoms with Gasteiger partial charge in [-0.1, -0.05) is 12.1 Å². The van der Waals surface area contributed by atoms with Crippen LogP contribution in [0.4, 0.5) is 15.2 Å². The molecule has 1 N–H and O–H groups in total. The summed E-state index contributed by atoms with van der Waals surface area (Å²) in [6.07, 6.45) is 2.25. The molecule has 1 fully saturated rings. The fraction of sp³-hybridized carbons (Fsp3) is 0.292. The van der Waals surface area contributed by atoms with Gasteiger partial charge in [0.25, 0.3) is 0 Å². The Morgan fingerprint density at radius 2 is 1.91 bits per heavy atom. The molecule has 4 rings (SSSR count). The summed E-state index contributed by atoms with van der Waals surface area (Å²) in [5, 5.41) is 3.24. The zero-order valence-electron chi connectivity index (χ0n) is 19.0. The molecular weight excluding hydrogens is 461 g/mol. The van der Waals surface area contributed by atoms with Crippen LogP contribution in [0.5, 0.6) is 17.2 Å². The van der Waals surface area contributed by atoms with Gasteiger partial charge in [0.05, 0.1) is 32.9 Å². The maximum Gasteiger partial charge on any atom is 0.231 e. The molecule has 1 atom stereocenters. The summed E-state index contributed by atoms with van der Waals surface area (Å²) in [5.41, 5.74) is 1.38. The maximum absolute atomic E-state index is 13.4. The summed E-state index contributed by atoms with van der Waals surface area (Å²) in [7, 11) is 4.50. The number of amides is 2. The van der Waals surface area contributed by atoms with Crippen LogP contribution in [0.25, 0.3) is 0 Å². The SMILES string of the molecule is COc1cc(N2CC(C(=O)Nc3ncc(Cc4cccc(F)c4)s3)CC2=O)cc(OC)c1OC. The first-order valence-corrected chi connectivity index (χ1v) is 11.3. The van der Waals surface area contributed by atoms with Crippen molar-refractivity contribution in [2.24, 2.45) is 5.92 Å². The molecule has 2 aromatic carbocycles. The second-order valence-electron chi connectivity index (χ2n) is 7.72. The summed E-state index contributed by atoms with van der Waals surface area (Å²) in [6.45, 7) is 0.213. The van der Waals surface area contributed by atoms with E-state index in [4.69, 9.17) is 14.2 Å². The number of nitrogens with zero attached hydrogens (tertiary/aromatic N) is 2. The van der Waals surface area contributed by atoms with Crippen LogP contribution in [0, 0.1) is 11.7 Å². The molecule has 34 heavy (non-hydrogen) atoms. The molecule has 1 aromatic heterocycles. The van der Waals surface area contributed by atoms with Crippen LogP contribution in [0.3, 0.4) is 0 Å². The van der Waals surface area contributed by atoms with Gasteiger partial charge in [-0.2, -0.15) is 0 Å². The van der Waals surface area contributed by atoms with Crippen molar-refractivity contribution in [2.45, 2.75) is 12.8 Å². The third-order valence-corrected chi connectivity index (χ3v) is 6.42. The minimum absolute atomic E-state index is 0.0734. The highest BCUT2D eigenvalue weighted by Crippen LogP contribution is 2.42. The molecule has 1 aliphatic heterocycles. The molecule has 2 amide bonds. The highest BCUT2D eigenvalue weighted by atomic mass is 32.1. The molecule has 178 valence electrons. The number of methoxy groups -OCH3 is 3. The van der Waals surface area contributed by atoms with Gasteiger partial charge >= 0.3 is 0 Å². The van der Waals surface area contributed by atoms with E-state index >= 15 is 0 Å². The molecule has 0 saturated carbocycles. The lowest BCUT2D eigenvalue weighted by Crippen LogP contribution is -2.28. The number of carbonyl (C=O) groups is 2. The fourth-order valence-electron chi connectivity index (χ4n) is 3.86. The topological polar surface area (TPSA) is 90.0 Å². The van der Waals surface area contributed by atoms with Crippen LogP contribution in [0.1, 0.15) is 16.9 Å². The Morgan fingerprint density at radius 1 is 1.18 bits per heavy atom. The van der Waals surface area contributed by atoms with Crippen molar-refractivity contribution in [3.63, 3.8) is 0 Å². The Labute approximate surface area is 200 Å². The lowest BCUT2D eigenvalue weighted by Gasteiger charge is -2.20. The van der Waals surface area contributed by atoms with E-state index in [1.165, 1.54) is 49.7 Å². The largest absolute Gasteiger partial charge is 0.493 e. The monoisotopic (exact) mass is 485 g/mol. The van der Waals surface area contributed by atoms with Crippen molar-refractivity contribution in [1.82, 2.24) is 4.98 Å². The predicted octanol–water partition coefficient (Wildman–Crippen LogP) is 3.89. The van der Waals surface area contributed by atoms with Crippen LogP contribution in [0.15, 0.2) is 42.6 Å². The molecule has 0 radical (unpaired) electrons. The standard InChI is InChI=1S/C24H24FN3O5S/c1-31-19-10-17(11-20(32-2)22(19)33-3)28-13-15(9-21(28)29)23(30)27-24-26-12-18(34-24)8-14-5-4-6-16(25)7-14/h4-7,10-12,15H,8-9,13H2,1-3H3,(H,26,27,30). The number of thiazole rings is 1. The molecule has 1 saturated heterocycles. The van der Waals surface area contributed by atoms with E-state index in [0.29, 0.717) is 34.5 Å². The van der Waals surface area contributed by atoms with E-state index in [1.807, 2.05) is 6.07 Å². The number of nitrogens with one attached hydrogen (secondary N) is 1. The van der Waals surface area contributed by atoms with E-state index in [1.54, 1.807) is 24.4 Å². The third kappa shape index (κ3) is 4.96. The van der Waals surface area contributed by atoms with Gasteiger partial charge in [-0.3, -0.25) is 9.59 Å². The number of ether oxygens (including phenoxy) is 3. The molecule has 1 unspecified atom stereocenters. The number of carbonyl (C=O) groups excluding carboxylic acids is 2. The van der Waals surface area contributed by atoms with Crippen LogP contribution >= 0.6 is 11.3 Å². The van der Waals surface area contributed by atoms with Gasteiger partial charge in [0.1, 0.15) is 5.82 Å². The van der Waals surface area contributed by atoms with Crippen LogP contribution in [0.2, 0.25) is 0 Å². The molecule has 8 nitrogen and oxygen atoms in total. The van der Waals surface area contributed by atoms with E-state index < -0.39 is 5.92 Å². The van der Waals surface area contributed by atoms with Gasteiger partial charge in [-0.25, -0.2) is 9.37 Å². The predicted molar refractivity (Wildman–Crippen MR) is 127 cm³/mol.